The highest BCUT2D eigenvalue weighted by atomic mass is 16.5. The van der Waals surface area contributed by atoms with Crippen LogP contribution in [0, 0.1) is 0 Å². The molecule has 0 fully saturated rings. The van der Waals surface area contributed by atoms with Crippen LogP contribution in [0.4, 0.5) is 5.69 Å². The van der Waals surface area contributed by atoms with Crippen molar-refractivity contribution in [3.8, 4) is 57.5 Å². The first-order valence-corrected chi connectivity index (χ1v) is 33.1. The summed E-state index contributed by atoms with van der Waals surface area (Å²) in [5.41, 5.74) is 17.4. The Hall–Kier alpha value is -11.9. The van der Waals surface area contributed by atoms with Gasteiger partial charge in [-0.05, 0) is 189 Å². The number of anilines is 1. The molecule has 6 aromatic rings. The molecule has 514 valence electrons. The van der Waals surface area contributed by atoms with Gasteiger partial charge < -0.3 is 57.2 Å². The van der Waals surface area contributed by atoms with Gasteiger partial charge in [0.25, 0.3) is 0 Å². The van der Waals surface area contributed by atoms with E-state index in [9.17, 15) is 0 Å². The lowest BCUT2D eigenvalue weighted by Crippen LogP contribution is -2.19. The number of methoxy groups -OCH3 is 9. The molecule has 8 bridgehead atoms. The minimum Gasteiger partial charge on any atom is -0.493 e. The van der Waals surface area contributed by atoms with Crippen molar-refractivity contribution in [2.75, 3.05) is 75.4 Å². The topological polar surface area (TPSA) is 179 Å². The normalized spacial score (nSPS) is 16.1. The quantitative estimate of drug-likeness (QED) is 0.0704. The smallest absolute Gasteiger partial charge is 0.203 e. The number of hydrogen-bond donors (Lipinski definition) is 0. The van der Waals surface area contributed by atoms with Crippen molar-refractivity contribution in [1.29, 1.82) is 0 Å². The summed E-state index contributed by atoms with van der Waals surface area (Å²) in [5, 5.41) is 8.95. The summed E-state index contributed by atoms with van der Waals surface area (Å²) >= 11 is 0. The molecule has 0 N–H and O–H groups in total. The summed E-state index contributed by atoms with van der Waals surface area (Å²) in [7, 11) is 14.3. The minimum atomic E-state index is 0.0305. The highest BCUT2D eigenvalue weighted by Crippen LogP contribution is 2.48. The van der Waals surface area contributed by atoms with Crippen LogP contribution in [0.15, 0.2) is 237 Å². The molecule has 0 aliphatic carbocycles. The van der Waals surface area contributed by atoms with Gasteiger partial charge in [0.15, 0.2) is 34.5 Å². The maximum atomic E-state index is 6.42. The van der Waals surface area contributed by atoms with Gasteiger partial charge in [0.2, 0.25) is 17.2 Å². The molecule has 8 heterocycles. The van der Waals surface area contributed by atoms with Crippen LogP contribution in [-0.2, 0) is 24.0 Å². The molecule has 0 spiro atoms. The van der Waals surface area contributed by atoms with Crippen molar-refractivity contribution >= 4 is 50.8 Å². The van der Waals surface area contributed by atoms with Crippen LogP contribution >= 0.6 is 0 Å². The fourth-order valence-corrected chi connectivity index (χ4v) is 12.8. The van der Waals surface area contributed by atoms with E-state index in [4.69, 9.17) is 67.3 Å². The van der Waals surface area contributed by atoms with Crippen molar-refractivity contribution in [1.82, 2.24) is 19.9 Å². The largest absolute Gasteiger partial charge is 0.493 e. The van der Waals surface area contributed by atoms with Gasteiger partial charge >= 0.3 is 0 Å². The zero-order valence-electron chi connectivity index (χ0n) is 59.5. The van der Waals surface area contributed by atoms with E-state index in [1.807, 2.05) is 120 Å². The van der Waals surface area contributed by atoms with E-state index in [-0.39, 0.29) is 17.4 Å². The molecule has 1 aromatic heterocycles. The lowest BCUT2D eigenvalue weighted by Gasteiger charge is -2.29. The summed E-state index contributed by atoms with van der Waals surface area (Å²) in [6, 6.07) is 26.2. The SMILES string of the molecule is COc1cc(C2=C3C=CC(=N3)C(c3cc(OC)c(OC)c(OC)c3)=C3C=CC(=N3)C(c3cc(OC)c(OC)c(OC)c3)=C3C=CC(=N3)C(c3ccc(OCc4cn(CCN5C=CC(=C6C=CN(c7cc(C(C)(C)C)cc(C(C)(C)C)c7)C=C6)C=C5)nn4)cc3)=C3C=CC2=N3)cc(OC)c1OC. The van der Waals surface area contributed by atoms with Gasteiger partial charge in [-0.1, -0.05) is 65.0 Å². The number of nitrogens with zero attached hydrogens (tertiary/aromatic N) is 9. The van der Waals surface area contributed by atoms with Crippen LogP contribution in [-0.4, -0.2) is 113 Å². The van der Waals surface area contributed by atoms with Gasteiger partial charge in [-0.2, -0.15) is 0 Å². The maximum Gasteiger partial charge on any atom is 0.203 e. The zero-order valence-corrected chi connectivity index (χ0v) is 59.5. The molecule has 0 radical (unpaired) electrons. The van der Waals surface area contributed by atoms with Crippen LogP contribution in [0.2, 0.25) is 0 Å². The summed E-state index contributed by atoms with van der Waals surface area (Å²) in [4.78, 5) is 26.4. The third-order valence-electron chi connectivity index (χ3n) is 18.2. The highest BCUT2D eigenvalue weighted by molar-refractivity contribution is 6.40. The molecular formula is C82H81N9O10. The van der Waals surface area contributed by atoms with Crippen LogP contribution < -0.4 is 52.3 Å². The predicted molar refractivity (Wildman–Crippen MR) is 400 cm³/mol. The Labute approximate surface area is 589 Å². The van der Waals surface area contributed by atoms with Crippen molar-refractivity contribution in [2.24, 2.45) is 20.0 Å². The van der Waals surface area contributed by atoms with Crippen molar-refractivity contribution in [2.45, 2.75) is 65.5 Å². The second-order valence-corrected chi connectivity index (χ2v) is 26.5. The van der Waals surface area contributed by atoms with Gasteiger partial charge in [-0.25, -0.2) is 20.0 Å². The Bertz CT molecular complexity index is 4720. The number of allylic oxidation sites excluding steroid dienone is 18. The second-order valence-electron chi connectivity index (χ2n) is 26.5. The number of benzene rings is 5. The van der Waals surface area contributed by atoms with Gasteiger partial charge in [0.1, 0.15) is 18.1 Å². The summed E-state index contributed by atoms with van der Waals surface area (Å²) < 4.78 is 61.4. The Morgan fingerprint density at radius 1 is 0.366 bits per heavy atom. The maximum absolute atomic E-state index is 6.42. The number of aliphatic imine (C=N–C) groups is 4. The number of ether oxygens (including phenoxy) is 10. The molecule has 0 amide bonds. The van der Waals surface area contributed by atoms with E-state index < -0.39 is 0 Å². The number of rotatable bonds is 20. The molecule has 5 aromatic carbocycles. The molecular weight excluding hydrogens is 1270 g/mol. The molecule has 0 unspecified atom stereocenters. The first-order valence-electron chi connectivity index (χ1n) is 33.1. The molecule has 19 heteroatoms. The van der Waals surface area contributed by atoms with Gasteiger partial charge in [0, 0.05) is 59.3 Å². The lowest BCUT2D eigenvalue weighted by atomic mass is 9.80. The molecule has 0 saturated carbocycles. The molecule has 101 heavy (non-hydrogen) atoms. The standard InChI is InChI=1S/C82H81N9O10/c1-81(2,3)55-44-56(82(4,5)6)46-58(45-55)90-34-30-50(31-35-90)49-28-32-89(33-29-49)36-37-91-47-57(87-88-91)48-101-59-18-16-51(17-19-59)74-60-20-22-62(83-60)75(52-38-68(92-7)78(98-13)69(39-52)93-8)64-24-26-66(85-64)77(54-42-72(96-11)80(100-15)73(43-54)97-12)67-27-25-65(86-67)76(63-23-21-61(74)84-63)53-40-70(94-9)79(99-14)71(41-53)95-10/h16-35,38-47H,36-37,48H2,1-15H3. The molecule has 19 nitrogen and oxygen atoms in total. The third kappa shape index (κ3) is 13.6. The van der Waals surface area contributed by atoms with Crippen LogP contribution in [0.5, 0.6) is 57.5 Å². The Morgan fingerprint density at radius 3 is 1.07 bits per heavy atom. The van der Waals surface area contributed by atoms with Crippen molar-refractivity contribution < 1.29 is 47.4 Å². The van der Waals surface area contributed by atoms with Crippen molar-refractivity contribution in [3.05, 3.63) is 256 Å². The lowest BCUT2D eigenvalue weighted by molar-refractivity contribution is 0.301. The third-order valence-corrected chi connectivity index (χ3v) is 18.2. The van der Waals surface area contributed by atoms with Gasteiger partial charge in [-0.15, -0.1) is 5.10 Å². The minimum absolute atomic E-state index is 0.0305. The van der Waals surface area contributed by atoms with E-state index in [0.29, 0.717) is 155 Å². The van der Waals surface area contributed by atoms with Gasteiger partial charge in [0.05, 0.1) is 122 Å². The first kappa shape index (κ1) is 67.7. The summed E-state index contributed by atoms with van der Waals surface area (Å²) in [5.74, 6) is 4.63. The zero-order chi connectivity index (χ0) is 70.9. The fourth-order valence-electron chi connectivity index (χ4n) is 12.8. The average molecular weight is 1350 g/mol. The number of aromatic nitrogens is 3. The molecule has 7 aliphatic rings. The van der Waals surface area contributed by atoms with Crippen LogP contribution in [0.25, 0.3) is 22.3 Å². The summed E-state index contributed by atoms with van der Waals surface area (Å²) in [6.07, 6.45) is 34.9. The van der Waals surface area contributed by atoms with E-state index in [1.54, 1.807) is 64.0 Å². The summed E-state index contributed by atoms with van der Waals surface area (Å²) in [6.45, 7) is 15.1. The van der Waals surface area contributed by atoms with E-state index in [1.165, 1.54) is 11.1 Å². The molecule has 0 saturated heterocycles. The first-order chi connectivity index (χ1) is 48.8. The fraction of sp³-hybridized carbons (Fsp3) is 0.244. The Balaban J connectivity index is 0.818. The van der Waals surface area contributed by atoms with E-state index in [2.05, 4.69) is 129 Å². The van der Waals surface area contributed by atoms with Crippen LogP contribution in [0.3, 0.4) is 0 Å². The number of fused-ring (bicyclic) bond motifs is 4. The van der Waals surface area contributed by atoms with E-state index in [0.717, 1.165) is 28.0 Å². The Kier molecular flexibility index (Phi) is 18.9. The monoisotopic (exact) mass is 1350 g/mol. The number of hydrogen-bond acceptors (Lipinski definition) is 18. The van der Waals surface area contributed by atoms with Crippen molar-refractivity contribution in [3.63, 3.8) is 0 Å². The van der Waals surface area contributed by atoms with E-state index >= 15 is 0 Å². The average Bonchev–Trinajstić information content (AvgIpc) is 1.63. The van der Waals surface area contributed by atoms with Gasteiger partial charge in [-0.3, -0.25) is 4.68 Å². The van der Waals surface area contributed by atoms with Crippen LogP contribution in [0.1, 0.15) is 80.6 Å². The predicted octanol–water partition coefficient (Wildman–Crippen LogP) is 15.7. The Morgan fingerprint density at radius 2 is 0.723 bits per heavy atom. The molecule has 13 rings (SSSR count). The second kappa shape index (κ2) is 28.2. The molecule has 0 atom stereocenters. The molecule has 7 aliphatic heterocycles. The highest BCUT2D eigenvalue weighted by Gasteiger charge is 2.32.